The van der Waals surface area contributed by atoms with Gasteiger partial charge in [0.15, 0.2) is 0 Å². The molecule has 0 fully saturated rings. The monoisotopic (exact) mass is 512 g/mol. The quantitative estimate of drug-likeness (QED) is 0.223. The lowest BCUT2D eigenvalue weighted by molar-refractivity contribution is -0.136. The van der Waals surface area contributed by atoms with Gasteiger partial charge >= 0.3 is 5.97 Å². The van der Waals surface area contributed by atoms with Crippen LogP contribution >= 0.6 is 12.4 Å². The molecule has 188 valence electrons. The Morgan fingerprint density at radius 2 is 1.62 bits per heavy atom. The van der Waals surface area contributed by atoms with Crippen LogP contribution in [0.15, 0.2) is 103 Å². The van der Waals surface area contributed by atoms with Crippen LogP contribution in [0.1, 0.15) is 28.8 Å². The summed E-state index contributed by atoms with van der Waals surface area (Å²) in [7, 11) is 0. The molecule has 0 aliphatic rings. The fourth-order valence-corrected chi connectivity index (χ4v) is 4.43. The third-order valence-electron chi connectivity index (χ3n) is 6.33. The number of fused-ring (bicyclic) bond motifs is 1. The van der Waals surface area contributed by atoms with E-state index in [9.17, 15) is 4.79 Å². The van der Waals surface area contributed by atoms with E-state index >= 15 is 0 Å². The number of pyridine rings is 1. The number of benzene rings is 3. The Morgan fingerprint density at radius 3 is 2.35 bits per heavy atom. The SMILES string of the molecule is Cl.O=C(O)CCc1ccc2c(c1)c(CCc1ccccc1)cn2-c1ccc(OCc2ccccn2)cc1. The number of halogens is 1. The van der Waals surface area contributed by atoms with E-state index in [1.165, 1.54) is 16.5 Å². The molecule has 0 saturated heterocycles. The third-order valence-corrected chi connectivity index (χ3v) is 6.33. The van der Waals surface area contributed by atoms with Crippen molar-refractivity contribution in [2.45, 2.75) is 32.3 Å². The van der Waals surface area contributed by atoms with E-state index < -0.39 is 5.97 Å². The Kier molecular flexibility index (Phi) is 8.60. The Bertz CT molecular complexity index is 1450. The largest absolute Gasteiger partial charge is 0.487 e. The second kappa shape index (κ2) is 12.2. The highest BCUT2D eigenvalue weighted by Crippen LogP contribution is 2.29. The number of nitrogens with zero attached hydrogens (tertiary/aromatic N) is 2. The summed E-state index contributed by atoms with van der Waals surface area (Å²) in [6.45, 7) is 0.426. The van der Waals surface area contributed by atoms with Crippen molar-refractivity contribution >= 4 is 29.3 Å². The molecule has 0 amide bonds. The minimum atomic E-state index is -0.776. The summed E-state index contributed by atoms with van der Waals surface area (Å²) in [5.74, 6) is 0.0171. The molecule has 0 saturated carbocycles. The first-order valence-corrected chi connectivity index (χ1v) is 12.2. The van der Waals surface area contributed by atoms with Gasteiger partial charge in [-0.1, -0.05) is 42.5 Å². The zero-order valence-corrected chi connectivity index (χ0v) is 21.2. The van der Waals surface area contributed by atoms with E-state index in [0.717, 1.165) is 41.1 Å². The lowest BCUT2D eigenvalue weighted by Crippen LogP contribution is -1.98. The molecule has 6 heteroatoms. The Morgan fingerprint density at radius 1 is 0.838 bits per heavy atom. The summed E-state index contributed by atoms with van der Waals surface area (Å²) in [5, 5.41) is 10.3. The maximum absolute atomic E-state index is 11.1. The first-order valence-electron chi connectivity index (χ1n) is 12.2. The van der Waals surface area contributed by atoms with Crippen molar-refractivity contribution in [3.05, 3.63) is 126 Å². The molecular weight excluding hydrogens is 484 g/mol. The predicted octanol–water partition coefficient (Wildman–Crippen LogP) is 6.83. The zero-order chi connectivity index (χ0) is 24.7. The van der Waals surface area contributed by atoms with Crippen molar-refractivity contribution in [3.8, 4) is 11.4 Å². The van der Waals surface area contributed by atoms with E-state index in [1.54, 1.807) is 6.20 Å². The summed E-state index contributed by atoms with van der Waals surface area (Å²) in [4.78, 5) is 15.4. The van der Waals surface area contributed by atoms with Crippen LogP contribution in [0.3, 0.4) is 0 Å². The van der Waals surface area contributed by atoms with Gasteiger partial charge in [-0.15, -0.1) is 12.4 Å². The van der Waals surface area contributed by atoms with E-state index in [1.807, 2.05) is 42.5 Å². The topological polar surface area (TPSA) is 64.3 Å². The molecule has 5 aromatic rings. The summed E-state index contributed by atoms with van der Waals surface area (Å²) in [6, 6.07) is 30.6. The number of ether oxygens (including phenoxy) is 1. The fraction of sp³-hybridized carbons (Fsp3) is 0.161. The van der Waals surface area contributed by atoms with Crippen molar-refractivity contribution in [3.63, 3.8) is 0 Å². The van der Waals surface area contributed by atoms with Crippen LogP contribution in [-0.4, -0.2) is 20.6 Å². The predicted molar refractivity (Wildman–Crippen MR) is 149 cm³/mol. The maximum Gasteiger partial charge on any atom is 0.303 e. The maximum atomic E-state index is 11.1. The zero-order valence-electron chi connectivity index (χ0n) is 20.4. The van der Waals surface area contributed by atoms with Gasteiger partial charge in [-0.05, 0) is 84.5 Å². The average molecular weight is 513 g/mol. The molecule has 0 unspecified atom stereocenters. The number of hydrogen-bond acceptors (Lipinski definition) is 3. The highest BCUT2D eigenvalue weighted by Gasteiger charge is 2.12. The number of carboxylic acid groups (broad SMARTS) is 1. The molecule has 0 aliphatic heterocycles. The van der Waals surface area contributed by atoms with Gasteiger partial charge < -0.3 is 14.4 Å². The van der Waals surface area contributed by atoms with E-state index in [2.05, 4.69) is 64.3 Å². The Balaban J connectivity index is 0.00000320. The summed E-state index contributed by atoms with van der Waals surface area (Å²) < 4.78 is 8.11. The van der Waals surface area contributed by atoms with Crippen molar-refractivity contribution in [2.75, 3.05) is 0 Å². The molecule has 0 spiro atoms. The fourth-order valence-electron chi connectivity index (χ4n) is 4.43. The second-order valence-corrected chi connectivity index (χ2v) is 8.86. The number of carbonyl (C=O) groups is 1. The minimum Gasteiger partial charge on any atom is -0.487 e. The van der Waals surface area contributed by atoms with Gasteiger partial charge in [-0.2, -0.15) is 0 Å². The Hall–Kier alpha value is -4.09. The van der Waals surface area contributed by atoms with E-state index in [0.29, 0.717) is 13.0 Å². The van der Waals surface area contributed by atoms with Crippen LogP contribution < -0.4 is 4.74 Å². The van der Waals surface area contributed by atoms with Crippen molar-refractivity contribution < 1.29 is 14.6 Å². The lowest BCUT2D eigenvalue weighted by atomic mass is 10.0. The van der Waals surface area contributed by atoms with Crippen LogP contribution in [0, 0.1) is 0 Å². The number of aryl methyl sites for hydroxylation is 3. The number of hydrogen-bond donors (Lipinski definition) is 1. The standard InChI is InChI=1S/C31H28N2O3.ClH/c34-31(35)18-11-24-10-17-30-29(20-24)25(12-9-23-6-2-1-3-7-23)21-33(30)27-13-15-28(16-14-27)36-22-26-8-4-5-19-32-26;/h1-8,10,13-17,19-21H,9,11-12,18,22H2,(H,34,35);1H. The highest BCUT2D eigenvalue weighted by atomic mass is 35.5. The van der Waals surface area contributed by atoms with Gasteiger partial charge in [0.25, 0.3) is 0 Å². The first-order chi connectivity index (χ1) is 17.7. The van der Waals surface area contributed by atoms with E-state index in [4.69, 9.17) is 9.84 Å². The normalized spacial score (nSPS) is 10.7. The highest BCUT2D eigenvalue weighted by molar-refractivity contribution is 5.86. The molecule has 3 aromatic carbocycles. The van der Waals surface area contributed by atoms with E-state index in [-0.39, 0.29) is 18.8 Å². The second-order valence-electron chi connectivity index (χ2n) is 8.86. The van der Waals surface area contributed by atoms with Crippen LogP contribution in [-0.2, 0) is 30.7 Å². The van der Waals surface area contributed by atoms with Gasteiger partial charge in [0.1, 0.15) is 12.4 Å². The molecule has 0 bridgehead atoms. The van der Waals surface area contributed by atoms with Gasteiger partial charge in [-0.25, -0.2) is 0 Å². The summed E-state index contributed by atoms with van der Waals surface area (Å²) in [6.07, 6.45) is 6.48. The molecule has 2 heterocycles. The van der Waals surface area contributed by atoms with Gasteiger partial charge in [-0.3, -0.25) is 9.78 Å². The smallest absolute Gasteiger partial charge is 0.303 e. The molecule has 2 aromatic heterocycles. The summed E-state index contributed by atoms with van der Waals surface area (Å²) in [5.41, 5.74) is 6.65. The molecular formula is C31H29ClN2O3. The molecule has 37 heavy (non-hydrogen) atoms. The number of aromatic nitrogens is 2. The average Bonchev–Trinajstić information content (AvgIpc) is 3.29. The molecule has 0 aliphatic carbocycles. The summed E-state index contributed by atoms with van der Waals surface area (Å²) >= 11 is 0. The molecule has 0 radical (unpaired) electrons. The molecule has 5 rings (SSSR count). The first kappa shape index (κ1) is 26.0. The van der Waals surface area contributed by atoms with Gasteiger partial charge in [0, 0.05) is 29.9 Å². The van der Waals surface area contributed by atoms with Gasteiger partial charge in [0.05, 0.1) is 11.2 Å². The van der Waals surface area contributed by atoms with Crippen LogP contribution in [0.2, 0.25) is 0 Å². The van der Waals surface area contributed by atoms with Crippen LogP contribution in [0.5, 0.6) is 5.75 Å². The van der Waals surface area contributed by atoms with Crippen molar-refractivity contribution in [1.29, 1.82) is 0 Å². The number of carboxylic acids is 1. The lowest BCUT2D eigenvalue weighted by Gasteiger charge is -2.09. The Labute approximate surface area is 222 Å². The number of rotatable bonds is 10. The van der Waals surface area contributed by atoms with Crippen LogP contribution in [0.25, 0.3) is 16.6 Å². The number of aliphatic carboxylic acids is 1. The molecule has 5 nitrogen and oxygen atoms in total. The van der Waals surface area contributed by atoms with Crippen molar-refractivity contribution in [2.24, 2.45) is 0 Å². The van der Waals surface area contributed by atoms with Crippen molar-refractivity contribution in [1.82, 2.24) is 9.55 Å². The third kappa shape index (κ3) is 6.57. The molecule has 1 N–H and O–H groups in total. The van der Waals surface area contributed by atoms with Crippen LogP contribution in [0.4, 0.5) is 0 Å². The minimum absolute atomic E-state index is 0. The molecule has 0 atom stereocenters. The van der Waals surface area contributed by atoms with Gasteiger partial charge in [0.2, 0.25) is 0 Å².